The van der Waals surface area contributed by atoms with Crippen LogP contribution in [0.4, 0.5) is 10.1 Å². The number of halogens is 2. The van der Waals surface area contributed by atoms with Gasteiger partial charge in [-0.3, -0.25) is 0 Å². The number of hydrogen-bond donors (Lipinski definition) is 2. The van der Waals surface area contributed by atoms with Crippen molar-refractivity contribution in [2.24, 2.45) is 5.92 Å². The fourth-order valence-corrected chi connectivity index (χ4v) is 2.53. The molecule has 100 valence electrons. The number of piperidine rings is 1. The molecule has 1 aliphatic rings. The largest absolute Gasteiger partial charge is 0.384 e. The quantitative estimate of drug-likeness (QED) is 0.870. The minimum atomic E-state index is -0.973. The number of nitrogens with one attached hydrogen (secondary N) is 2. The number of anilines is 1. The maximum Gasteiger partial charge on any atom is 0.122 e. The summed E-state index contributed by atoms with van der Waals surface area (Å²) in [4.78, 5) is 0. The van der Waals surface area contributed by atoms with Crippen LogP contribution in [0.2, 0.25) is 5.02 Å². The van der Waals surface area contributed by atoms with Crippen LogP contribution in [0.5, 0.6) is 0 Å². The van der Waals surface area contributed by atoms with Gasteiger partial charge in [0, 0.05) is 6.54 Å². The van der Waals surface area contributed by atoms with E-state index in [0.717, 1.165) is 25.3 Å². The zero-order valence-electron chi connectivity index (χ0n) is 10.7. The third-order valence-corrected chi connectivity index (χ3v) is 3.75. The predicted octanol–water partition coefficient (Wildman–Crippen LogP) is 3.78. The Balaban J connectivity index is 1.92. The normalized spacial score (nSPS) is 21.6. The molecule has 0 radical (unpaired) electrons. The zero-order valence-corrected chi connectivity index (χ0v) is 11.4. The van der Waals surface area contributed by atoms with Gasteiger partial charge in [-0.15, -0.1) is 0 Å². The van der Waals surface area contributed by atoms with Gasteiger partial charge in [-0.05, 0) is 56.5 Å². The SMILES string of the molecule is CC(F)c1ccc(NCC2CCCNC2)c(Cl)c1. The van der Waals surface area contributed by atoms with E-state index in [1.165, 1.54) is 19.8 Å². The van der Waals surface area contributed by atoms with Crippen molar-refractivity contribution in [2.45, 2.75) is 25.9 Å². The second-order valence-electron chi connectivity index (χ2n) is 4.95. The molecule has 2 N–H and O–H groups in total. The number of alkyl halides is 1. The van der Waals surface area contributed by atoms with Crippen molar-refractivity contribution in [1.29, 1.82) is 0 Å². The molecule has 1 aromatic carbocycles. The van der Waals surface area contributed by atoms with Gasteiger partial charge in [0.1, 0.15) is 6.17 Å². The first kappa shape index (κ1) is 13.6. The van der Waals surface area contributed by atoms with E-state index in [1.807, 2.05) is 6.07 Å². The van der Waals surface area contributed by atoms with Gasteiger partial charge >= 0.3 is 0 Å². The average molecular weight is 271 g/mol. The highest BCUT2D eigenvalue weighted by Crippen LogP contribution is 2.27. The first-order valence-electron chi connectivity index (χ1n) is 6.55. The van der Waals surface area contributed by atoms with Crippen LogP contribution in [-0.2, 0) is 0 Å². The summed E-state index contributed by atoms with van der Waals surface area (Å²) in [6, 6.07) is 5.36. The lowest BCUT2D eigenvalue weighted by Gasteiger charge is -2.23. The Morgan fingerprint density at radius 3 is 3.00 bits per heavy atom. The van der Waals surface area contributed by atoms with E-state index in [2.05, 4.69) is 10.6 Å². The van der Waals surface area contributed by atoms with Crippen LogP contribution >= 0.6 is 11.6 Å². The lowest BCUT2D eigenvalue weighted by atomic mass is 9.99. The molecule has 1 aromatic rings. The highest BCUT2D eigenvalue weighted by molar-refractivity contribution is 6.33. The maximum atomic E-state index is 13.1. The number of hydrogen-bond acceptors (Lipinski definition) is 2. The molecule has 18 heavy (non-hydrogen) atoms. The minimum absolute atomic E-state index is 0.598. The van der Waals surface area contributed by atoms with Crippen molar-refractivity contribution in [3.05, 3.63) is 28.8 Å². The summed E-state index contributed by atoms with van der Waals surface area (Å²) in [5.41, 5.74) is 1.52. The van der Waals surface area contributed by atoms with Crippen LogP contribution < -0.4 is 10.6 Å². The van der Waals surface area contributed by atoms with E-state index >= 15 is 0 Å². The minimum Gasteiger partial charge on any atom is -0.384 e. The fraction of sp³-hybridized carbons (Fsp3) is 0.571. The number of benzene rings is 1. The number of rotatable bonds is 4. The van der Waals surface area contributed by atoms with Gasteiger partial charge in [0.2, 0.25) is 0 Å². The Labute approximate surface area is 113 Å². The van der Waals surface area contributed by atoms with E-state index in [-0.39, 0.29) is 0 Å². The van der Waals surface area contributed by atoms with E-state index in [0.29, 0.717) is 16.5 Å². The lowest BCUT2D eigenvalue weighted by molar-refractivity contribution is 0.374. The van der Waals surface area contributed by atoms with Crippen molar-refractivity contribution < 1.29 is 4.39 Å². The second-order valence-corrected chi connectivity index (χ2v) is 5.36. The molecule has 2 unspecified atom stereocenters. The molecule has 1 heterocycles. The Morgan fingerprint density at radius 2 is 2.39 bits per heavy atom. The molecule has 4 heteroatoms. The van der Waals surface area contributed by atoms with Gasteiger partial charge in [-0.1, -0.05) is 17.7 Å². The van der Waals surface area contributed by atoms with Crippen LogP contribution in [0.25, 0.3) is 0 Å². The summed E-state index contributed by atoms with van der Waals surface area (Å²) >= 11 is 6.15. The second kappa shape index (κ2) is 6.39. The molecule has 0 amide bonds. The molecule has 0 saturated carbocycles. The predicted molar refractivity (Wildman–Crippen MR) is 75.1 cm³/mol. The Kier molecular flexibility index (Phi) is 4.84. The molecular formula is C14H20ClFN2. The highest BCUT2D eigenvalue weighted by Gasteiger charge is 2.13. The van der Waals surface area contributed by atoms with Gasteiger partial charge in [-0.2, -0.15) is 0 Å². The van der Waals surface area contributed by atoms with Crippen molar-refractivity contribution in [3.63, 3.8) is 0 Å². The third-order valence-electron chi connectivity index (χ3n) is 3.43. The summed E-state index contributed by atoms with van der Waals surface area (Å²) in [5.74, 6) is 0.648. The molecule has 0 bridgehead atoms. The first-order chi connectivity index (χ1) is 8.66. The van der Waals surface area contributed by atoms with E-state index in [9.17, 15) is 4.39 Å². The van der Waals surface area contributed by atoms with Crippen molar-refractivity contribution in [3.8, 4) is 0 Å². The van der Waals surface area contributed by atoms with Crippen LogP contribution in [0.3, 0.4) is 0 Å². The topological polar surface area (TPSA) is 24.1 Å². The Morgan fingerprint density at radius 1 is 1.56 bits per heavy atom. The Hall–Kier alpha value is -0.800. The molecule has 2 rings (SSSR count). The smallest absolute Gasteiger partial charge is 0.122 e. The molecule has 1 fully saturated rings. The van der Waals surface area contributed by atoms with Gasteiger partial charge in [0.15, 0.2) is 0 Å². The average Bonchev–Trinajstić information content (AvgIpc) is 2.38. The summed E-state index contributed by atoms with van der Waals surface area (Å²) < 4.78 is 13.1. The standard InChI is InChI=1S/C14H20ClFN2/c1-10(16)12-4-5-14(13(15)7-12)18-9-11-3-2-6-17-8-11/h4-5,7,10-11,17-18H,2-3,6,8-9H2,1H3. The van der Waals surface area contributed by atoms with Crippen molar-refractivity contribution >= 4 is 17.3 Å². The summed E-state index contributed by atoms with van der Waals surface area (Å²) in [6.45, 7) is 4.62. The van der Waals surface area contributed by atoms with Crippen molar-refractivity contribution in [1.82, 2.24) is 5.32 Å². The third kappa shape index (κ3) is 3.59. The van der Waals surface area contributed by atoms with Crippen molar-refractivity contribution in [2.75, 3.05) is 25.0 Å². The summed E-state index contributed by atoms with van der Waals surface area (Å²) in [7, 11) is 0. The van der Waals surface area contributed by atoms with Gasteiger partial charge in [-0.25, -0.2) is 4.39 Å². The van der Waals surface area contributed by atoms with E-state index < -0.39 is 6.17 Å². The zero-order chi connectivity index (χ0) is 13.0. The molecule has 0 spiro atoms. The van der Waals surface area contributed by atoms with E-state index in [1.54, 1.807) is 12.1 Å². The van der Waals surface area contributed by atoms with Crippen LogP contribution in [0.15, 0.2) is 18.2 Å². The van der Waals surface area contributed by atoms with Crippen LogP contribution in [0, 0.1) is 5.92 Å². The molecule has 2 nitrogen and oxygen atoms in total. The monoisotopic (exact) mass is 270 g/mol. The fourth-order valence-electron chi connectivity index (χ4n) is 2.27. The van der Waals surface area contributed by atoms with Gasteiger partial charge in [0.05, 0.1) is 10.7 Å². The summed E-state index contributed by atoms with van der Waals surface area (Å²) in [6.07, 6.45) is 1.51. The molecule has 0 aromatic heterocycles. The van der Waals surface area contributed by atoms with E-state index in [4.69, 9.17) is 11.6 Å². The van der Waals surface area contributed by atoms with Gasteiger partial charge < -0.3 is 10.6 Å². The summed E-state index contributed by atoms with van der Waals surface area (Å²) in [5, 5.41) is 7.34. The molecular weight excluding hydrogens is 251 g/mol. The first-order valence-corrected chi connectivity index (χ1v) is 6.92. The van der Waals surface area contributed by atoms with Gasteiger partial charge in [0.25, 0.3) is 0 Å². The molecule has 2 atom stereocenters. The van der Waals surface area contributed by atoms with Crippen LogP contribution in [0.1, 0.15) is 31.5 Å². The molecule has 0 aliphatic carbocycles. The Bertz CT molecular complexity index is 389. The van der Waals surface area contributed by atoms with Crippen LogP contribution in [-0.4, -0.2) is 19.6 Å². The molecule has 1 saturated heterocycles. The highest BCUT2D eigenvalue weighted by atomic mass is 35.5. The molecule has 1 aliphatic heterocycles. The maximum absolute atomic E-state index is 13.1. The lowest BCUT2D eigenvalue weighted by Crippen LogP contribution is -2.33.